The molecule has 1 aliphatic rings. The maximum atomic E-state index is 12.3. The first-order valence-corrected chi connectivity index (χ1v) is 14.1. The average molecular weight is 497 g/mol. The molecular formula is C26H46N3O4S+. The summed E-state index contributed by atoms with van der Waals surface area (Å²) in [7, 11) is 2.12. The fraction of sp³-hybridized carbons (Fsp3) is 0.808. The van der Waals surface area contributed by atoms with Crippen LogP contribution in [0, 0.1) is 0 Å². The summed E-state index contributed by atoms with van der Waals surface area (Å²) < 4.78 is 26.4. The van der Waals surface area contributed by atoms with Gasteiger partial charge in [-0.15, -0.1) is 4.37 Å². The molecule has 0 amide bonds. The summed E-state index contributed by atoms with van der Waals surface area (Å²) in [6.07, 6.45) is 15.2. The summed E-state index contributed by atoms with van der Waals surface area (Å²) >= 11 is 1.19. The molecule has 0 saturated carbocycles. The van der Waals surface area contributed by atoms with Crippen molar-refractivity contribution in [2.45, 2.75) is 104 Å². The lowest BCUT2D eigenvalue weighted by atomic mass is 10.0. The highest BCUT2D eigenvalue weighted by Gasteiger charge is 2.37. The van der Waals surface area contributed by atoms with Gasteiger partial charge in [0.1, 0.15) is 12.2 Å². The quantitative estimate of drug-likeness (QED) is 0.132. The summed E-state index contributed by atoms with van der Waals surface area (Å²) in [5, 5.41) is 0. The molecule has 0 aromatic carbocycles. The van der Waals surface area contributed by atoms with Gasteiger partial charge in [0.25, 0.3) is 5.88 Å². The Balaban J connectivity index is 1.76. The van der Waals surface area contributed by atoms with Crippen LogP contribution in [0.15, 0.2) is 6.08 Å². The zero-order valence-corrected chi connectivity index (χ0v) is 22.7. The molecule has 0 radical (unpaired) electrons. The van der Waals surface area contributed by atoms with Crippen LogP contribution in [0.2, 0.25) is 0 Å². The van der Waals surface area contributed by atoms with Crippen molar-refractivity contribution in [3.63, 3.8) is 0 Å². The molecule has 34 heavy (non-hydrogen) atoms. The normalized spacial score (nSPS) is 18.9. The summed E-state index contributed by atoms with van der Waals surface area (Å²) in [6.45, 7) is 9.07. The third-order valence-electron chi connectivity index (χ3n) is 6.67. The van der Waals surface area contributed by atoms with Crippen molar-refractivity contribution in [1.82, 2.24) is 8.75 Å². The number of hydrogen-bond acceptors (Lipinski definition) is 7. The van der Waals surface area contributed by atoms with E-state index in [1.54, 1.807) is 0 Å². The monoisotopic (exact) mass is 496 g/mol. The topological polar surface area (TPSA) is 70.5 Å². The average Bonchev–Trinajstić information content (AvgIpc) is 3.29. The van der Waals surface area contributed by atoms with E-state index in [4.69, 9.17) is 14.2 Å². The molecule has 194 valence electrons. The van der Waals surface area contributed by atoms with Gasteiger partial charge in [-0.1, -0.05) is 77.7 Å². The minimum Gasteiger partial charge on any atom is -0.475 e. The van der Waals surface area contributed by atoms with E-state index in [1.165, 1.54) is 63.1 Å². The molecule has 1 unspecified atom stereocenters. The Morgan fingerprint density at radius 3 is 2.38 bits per heavy atom. The Kier molecular flexibility index (Phi) is 13.5. The fourth-order valence-electron chi connectivity index (χ4n) is 4.23. The van der Waals surface area contributed by atoms with Crippen molar-refractivity contribution in [1.29, 1.82) is 0 Å². The zero-order chi connectivity index (χ0) is 24.7. The van der Waals surface area contributed by atoms with Gasteiger partial charge in [-0.05, 0) is 12.8 Å². The molecule has 7 nitrogen and oxygen atoms in total. The van der Waals surface area contributed by atoms with Crippen LogP contribution in [-0.4, -0.2) is 59.0 Å². The van der Waals surface area contributed by atoms with Crippen LogP contribution in [0.25, 0.3) is 5.57 Å². The van der Waals surface area contributed by atoms with Gasteiger partial charge in [-0.3, -0.25) is 4.48 Å². The number of aromatic nitrogens is 2. The van der Waals surface area contributed by atoms with Gasteiger partial charge < -0.3 is 14.2 Å². The lowest BCUT2D eigenvalue weighted by Crippen LogP contribution is -2.55. The number of quaternary nitrogens is 1. The molecule has 1 aromatic rings. The van der Waals surface area contributed by atoms with Crippen molar-refractivity contribution in [3.8, 4) is 5.88 Å². The van der Waals surface area contributed by atoms with Crippen LogP contribution in [0.4, 0.5) is 4.79 Å². The molecule has 0 bridgehead atoms. The maximum Gasteiger partial charge on any atom is 0.512 e. The Hall–Kier alpha value is -1.67. The molecule has 1 aromatic heterocycles. The number of carbonyl (C=O) groups excluding carboxylic acids is 1. The van der Waals surface area contributed by atoms with E-state index in [2.05, 4.69) is 35.7 Å². The lowest BCUT2D eigenvalue weighted by Gasteiger charge is -2.41. The minimum absolute atomic E-state index is 0.310. The Morgan fingerprint density at radius 2 is 1.65 bits per heavy atom. The van der Waals surface area contributed by atoms with Crippen LogP contribution in [0.3, 0.4) is 0 Å². The molecule has 0 N–H and O–H groups in total. The van der Waals surface area contributed by atoms with E-state index in [9.17, 15) is 4.79 Å². The summed E-state index contributed by atoms with van der Waals surface area (Å²) in [5.41, 5.74) is 1.94. The van der Waals surface area contributed by atoms with Crippen molar-refractivity contribution in [2.24, 2.45) is 0 Å². The smallest absolute Gasteiger partial charge is 0.475 e. The first-order chi connectivity index (χ1) is 16.5. The Labute approximate surface area is 210 Å². The number of likely N-dealkylation sites (N-methyl/N-ethyl adjacent to an activating group) is 1. The third kappa shape index (κ3) is 9.90. The molecule has 0 fully saturated rings. The number of hydrogen-bond donors (Lipinski definition) is 0. The summed E-state index contributed by atoms with van der Waals surface area (Å²) in [6, 6.07) is 0. The molecule has 0 saturated heterocycles. The van der Waals surface area contributed by atoms with E-state index >= 15 is 0 Å². The molecular weight excluding hydrogens is 450 g/mol. The van der Waals surface area contributed by atoms with Gasteiger partial charge in [0.05, 0.1) is 38.5 Å². The van der Waals surface area contributed by atoms with Gasteiger partial charge in [0, 0.05) is 18.9 Å². The second-order valence-electron chi connectivity index (χ2n) is 9.64. The molecule has 2 atom stereocenters. The number of rotatable bonds is 17. The van der Waals surface area contributed by atoms with Crippen LogP contribution < -0.4 is 4.74 Å². The second kappa shape index (κ2) is 16.1. The molecule has 0 spiro atoms. The SMILES string of the molecule is CCCCCCCCCOC(=O)O[C@H](C)[N+]1(C)CCC=C(c2nsnc2OCCCCCC)C1. The van der Waals surface area contributed by atoms with Crippen LogP contribution in [0.5, 0.6) is 5.88 Å². The van der Waals surface area contributed by atoms with Gasteiger partial charge in [0.2, 0.25) is 6.23 Å². The van der Waals surface area contributed by atoms with Crippen molar-refractivity contribution < 1.29 is 23.5 Å². The van der Waals surface area contributed by atoms with Gasteiger partial charge in [-0.25, -0.2) is 4.79 Å². The molecule has 8 heteroatoms. The molecule has 2 heterocycles. The first kappa shape index (κ1) is 28.6. The highest BCUT2D eigenvalue weighted by atomic mass is 32.1. The fourth-order valence-corrected chi connectivity index (χ4v) is 4.76. The van der Waals surface area contributed by atoms with E-state index in [0.29, 0.717) is 30.1 Å². The number of ether oxygens (including phenoxy) is 3. The molecule has 0 aliphatic carbocycles. The molecule has 2 rings (SSSR count). The standard InChI is InChI=1S/C26H46N3O4S/c1-5-7-9-11-12-13-15-20-32-26(30)33-22(3)29(4)18-16-17-23(21-29)24-25(28-34-27-24)31-19-14-10-8-6-2/h17,22H,5-16,18-21H2,1-4H3/q+1/t22-,29?/m1/s1. The largest absolute Gasteiger partial charge is 0.512 e. The van der Waals surface area contributed by atoms with Crippen LogP contribution >= 0.6 is 11.7 Å². The number of nitrogens with zero attached hydrogens (tertiary/aromatic N) is 3. The number of unbranched alkanes of at least 4 members (excludes halogenated alkanes) is 9. The third-order valence-corrected chi connectivity index (χ3v) is 7.19. The van der Waals surface area contributed by atoms with Gasteiger partial charge >= 0.3 is 6.16 Å². The van der Waals surface area contributed by atoms with Crippen LogP contribution in [-0.2, 0) is 9.47 Å². The summed E-state index contributed by atoms with van der Waals surface area (Å²) in [5.74, 6) is 0.629. The highest BCUT2D eigenvalue weighted by Crippen LogP contribution is 2.31. The first-order valence-electron chi connectivity index (χ1n) is 13.3. The van der Waals surface area contributed by atoms with E-state index in [-0.39, 0.29) is 6.23 Å². The van der Waals surface area contributed by atoms with E-state index in [0.717, 1.165) is 43.5 Å². The predicted octanol–water partition coefficient (Wildman–Crippen LogP) is 6.98. The molecule has 1 aliphatic heterocycles. The summed E-state index contributed by atoms with van der Waals surface area (Å²) in [4.78, 5) is 12.3. The van der Waals surface area contributed by atoms with Gasteiger partial charge in [-0.2, -0.15) is 4.37 Å². The Bertz CT molecular complexity index is 739. The van der Waals surface area contributed by atoms with E-state index < -0.39 is 6.16 Å². The highest BCUT2D eigenvalue weighted by molar-refractivity contribution is 6.99. The lowest BCUT2D eigenvalue weighted by molar-refractivity contribution is -0.944. The van der Waals surface area contributed by atoms with E-state index in [1.807, 2.05) is 6.92 Å². The van der Waals surface area contributed by atoms with Crippen LogP contribution in [0.1, 0.15) is 104 Å². The van der Waals surface area contributed by atoms with Crippen molar-refractivity contribution >= 4 is 23.5 Å². The number of carbonyl (C=O) groups is 1. The predicted molar refractivity (Wildman–Crippen MR) is 138 cm³/mol. The van der Waals surface area contributed by atoms with Crippen molar-refractivity contribution in [2.75, 3.05) is 33.4 Å². The zero-order valence-electron chi connectivity index (χ0n) is 21.9. The maximum absolute atomic E-state index is 12.3. The Morgan fingerprint density at radius 1 is 1.00 bits per heavy atom. The minimum atomic E-state index is -0.569. The van der Waals surface area contributed by atoms with Gasteiger partial charge in [0.15, 0.2) is 0 Å². The second-order valence-corrected chi connectivity index (χ2v) is 10.2. The van der Waals surface area contributed by atoms with Crippen molar-refractivity contribution in [3.05, 3.63) is 11.8 Å².